The molecule has 0 aliphatic rings. The lowest BCUT2D eigenvalue weighted by atomic mass is 10.1. The summed E-state index contributed by atoms with van der Waals surface area (Å²) in [6.07, 6.45) is 0.945. The molecular weight excluding hydrogens is 244 g/mol. The molecule has 0 radical (unpaired) electrons. The first kappa shape index (κ1) is 13.0. The summed E-state index contributed by atoms with van der Waals surface area (Å²) in [4.78, 5) is 0. The van der Waals surface area contributed by atoms with Gasteiger partial charge < -0.3 is 4.74 Å². The fourth-order valence-electron chi connectivity index (χ4n) is 1.80. The second-order valence-electron chi connectivity index (χ2n) is 4.38. The normalized spacial score (nSPS) is 10.4. The fourth-order valence-corrected chi connectivity index (χ4v) is 1.96. The van der Waals surface area contributed by atoms with Gasteiger partial charge in [-0.05, 0) is 36.6 Å². The van der Waals surface area contributed by atoms with Crippen molar-refractivity contribution in [3.63, 3.8) is 0 Å². The zero-order chi connectivity index (χ0) is 13.0. The first-order valence-corrected chi connectivity index (χ1v) is 6.53. The zero-order valence-corrected chi connectivity index (χ0v) is 11.5. The van der Waals surface area contributed by atoms with Gasteiger partial charge in [0.05, 0.1) is 0 Å². The van der Waals surface area contributed by atoms with E-state index in [-0.39, 0.29) is 0 Å². The van der Waals surface area contributed by atoms with Crippen LogP contribution in [0.3, 0.4) is 0 Å². The number of rotatable bonds is 4. The molecule has 0 bridgehead atoms. The number of ether oxygens (including phenoxy) is 1. The Balaban J connectivity index is 2.09. The van der Waals surface area contributed by atoms with E-state index in [1.54, 1.807) is 0 Å². The summed E-state index contributed by atoms with van der Waals surface area (Å²) >= 11 is 6.00. The molecule has 0 fully saturated rings. The molecule has 2 aromatic rings. The lowest BCUT2D eigenvalue weighted by Crippen LogP contribution is -1.98. The van der Waals surface area contributed by atoms with Gasteiger partial charge in [-0.15, -0.1) is 0 Å². The first-order chi connectivity index (χ1) is 8.69. The Labute approximate surface area is 113 Å². The highest BCUT2D eigenvalue weighted by molar-refractivity contribution is 6.30. The number of halogens is 1. The number of hydrogen-bond donors (Lipinski definition) is 0. The highest BCUT2D eigenvalue weighted by Crippen LogP contribution is 2.24. The SMILES string of the molecule is CCc1ccc(Cl)cc1OCc1ccc(C)cc1. The molecule has 0 aromatic heterocycles. The van der Waals surface area contributed by atoms with E-state index in [1.165, 1.54) is 16.7 Å². The average Bonchev–Trinajstić information content (AvgIpc) is 2.38. The van der Waals surface area contributed by atoms with Crippen LogP contribution in [0, 0.1) is 6.92 Å². The van der Waals surface area contributed by atoms with Crippen molar-refractivity contribution in [3.8, 4) is 5.75 Å². The van der Waals surface area contributed by atoms with Gasteiger partial charge in [-0.25, -0.2) is 0 Å². The van der Waals surface area contributed by atoms with Gasteiger partial charge in [0.1, 0.15) is 12.4 Å². The summed E-state index contributed by atoms with van der Waals surface area (Å²) in [6, 6.07) is 14.2. The van der Waals surface area contributed by atoms with Crippen molar-refractivity contribution in [1.29, 1.82) is 0 Å². The molecule has 0 N–H and O–H groups in total. The van der Waals surface area contributed by atoms with Gasteiger partial charge >= 0.3 is 0 Å². The van der Waals surface area contributed by atoms with E-state index < -0.39 is 0 Å². The molecule has 0 spiro atoms. The topological polar surface area (TPSA) is 9.23 Å². The number of benzene rings is 2. The molecule has 0 saturated heterocycles. The van der Waals surface area contributed by atoms with Gasteiger partial charge in [0.15, 0.2) is 0 Å². The van der Waals surface area contributed by atoms with E-state index in [0.29, 0.717) is 11.6 Å². The van der Waals surface area contributed by atoms with Crippen LogP contribution in [0.25, 0.3) is 0 Å². The van der Waals surface area contributed by atoms with E-state index >= 15 is 0 Å². The second-order valence-corrected chi connectivity index (χ2v) is 4.82. The standard InChI is InChI=1S/C16H17ClO/c1-3-14-8-9-15(17)10-16(14)18-11-13-6-4-12(2)5-7-13/h4-10H,3,11H2,1-2H3. The highest BCUT2D eigenvalue weighted by Gasteiger charge is 2.03. The van der Waals surface area contributed by atoms with E-state index in [0.717, 1.165) is 12.2 Å². The predicted molar refractivity (Wildman–Crippen MR) is 76.3 cm³/mol. The molecule has 0 heterocycles. The van der Waals surface area contributed by atoms with Crippen LogP contribution >= 0.6 is 11.6 Å². The van der Waals surface area contributed by atoms with E-state index in [2.05, 4.69) is 38.1 Å². The van der Waals surface area contributed by atoms with Crippen LogP contribution in [0.2, 0.25) is 5.02 Å². The lowest BCUT2D eigenvalue weighted by molar-refractivity contribution is 0.303. The van der Waals surface area contributed by atoms with Crippen LogP contribution < -0.4 is 4.74 Å². The monoisotopic (exact) mass is 260 g/mol. The third-order valence-corrected chi connectivity index (χ3v) is 3.16. The maximum Gasteiger partial charge on any atom is 0.124 e. The van der Waals surface area contributed by atoms with E-state index in [1.807, 2.05) is 18.2 Å². The van der Waals surface area contributed by atoms with E-state index in [4.69, 9.17) is 16.3 Å². The molecule has 2 aromatic carbocycles. The molecule has 0 amide bonds. The molecular formula is C16H17ClO. The lowest BCUT2D eigenvalue weighted by Gasteiger charge is -2.11. The van der Waals surface area contributed by atoms with Crippen molar-refractivity contribution in [2.75, 3.05) is 0 Å². The fraction of sp³-hybridized carbons (Fsp3) is 0.250. The van der Waals surface area contributed by atoms with Crippen molar-refractivity contribution in [3.05, 3.63) is 64.2 Å². The molecule has 94 valence electrons. The van der Waals surface area contributed by atoms with Crippen molar-refractivity contribution < 1.29 is 4.74 Å². The Bertz CT molecular complexity index is 517. The molecule has 2 heteroatoms. The van der Waals surface area contributed by atoms with Crippen LogP contribution in [0.15, 0.2) is 42.5 Å². The summed E-state index contributed by atoms with van der Waals surface area (Å²) in [6.45, 7) is 4.77. The Morgan fingerprint density at radius 1 is 1.06 bits per heavy atom. The van der Waals surface area contributed by atoms with E-state index in [9.17, 15) is 0 Å². The summed E-state index contributed by atoms with van der Waals surface area (Å²) in [5.74, 6) is 0.880. The Morgan fingerprint density at radius 2 is 1.78 bits per heavy atom. The minimum absolute atomic E-state index is 0.577. The van der Waals surface area contributed by atoms with Gasteiger partial charge in [0.25, 0.3) is 0 Å². The maximum absolute atomic E-state index is 6.00. The molecule has 1 nitrogen and oxygen atoms in total. The molecule has 0 aliphatic heterocycles. The van der Waals surface area contributed by atoms with Crippen LogP contribution in [-0.2, 0) is 13.0 Å². The van der Waals surface area contributed by atoms with Crippen LogP contribution in [0.1, 0.15) is 23.6 Å². The van der Waals surface area contributed by atoms with Crippen LogP contribution in [0.4, 0.5) is 0 Å². The van der Waals surface area contributed by atoms with Crippen molar-refractivity contribution in [2.45, 2.75) is 26.9 Å². The van der Waals surface area contributed by atoms with Gasteiger partial charge in [-0.1, -0.05) is 54.4 Å². The molecule has 0 aliphatic carbocycles. The molecule has 18 heavy (non-hydrogen) atoms. The Hall–Kier alpha value is -1.47. The molecule has 2 rings (SSSR count). The minimum Gasteiger partial charge on any atom is -0.489 e. The molecule has 0 atom stereocenters. The third-order valence-electron chi connectivity index (χ3n) is 2.93. The maximum atomic E-state index is 6.00. The van der Waals surface area contributed by atoms with Crippen molar-refractivity contribution in [2.24, 2.45) is 0 Å². The number of hydrogen-bond acceptors (Lipinski definition) is 1. The average molecular weight is 261 g/mol. The molecule has 0 saturated carbocycles. The quantitative estimate of drug-likeness (QED) is 0.768. The number of aryl methyl sites for hydroxylation is 2. The van der Waals surface area contributed by atoms with Crippen LogP contribution in [-0.4, -0.2) is 0 Å². The summed E-state index contributed by atoms with van der Waals surface area (Å²) in [5.41, 5.74) is 3.62. The van der Waals surface area contributed by atoms with Crippen molar-refractivity contribution in [1.82, 2.24) is 0 Å². The predicted octanol–water partition coefficient (Wildman–Crippen LogP) is 4.79. The van der Waals surface area contributed by atoms with Gasteiger partial charge in [0, 0.05) is 5.02 Å². The largest absolute Gasteiger partial charge is 0.489 e. The Morgan fingerprint density at radius 3 is 2.44 bits per heavy atom. The summed E-state index contributed by atoms with van der Waals surface area (Å²) in [5, 5.41) is 0.714. The zero-order valence-electron chi connectivity index (χ0n) is 10.7. The van der Waals surface area contributed by atoms with Gasteiger partial charge in [0.2, 0.25) is 0 Å². The van der Waals surface area contributed by atoms with Gasteiger partial charge in [-0.2, -0.15) is 0 Å². The van der Waals surface area contributed by atoms with Gasteiger partial charge in [-0.3, -0.25) is 0 Å². The third kappa shape index (κ3) is 3.27. The highest BCUT2D eigenvalue weighted by atomic mass is 35.5. The first-order valence-electron chi connectivity index (χ1n) is 6.16. The second kappa shape index (κ2) is 5.92. The summed E-state index contributed by atoms with van der Waals surface area (Å²) < 4.78 is 5.85. The molecule has 0 unspecified atom stereocenters. The summed E-state index contributed by atoms with van der Waals surface area (Å²) in [7, 11) is 0. The van der Waals surface area contributed by atoms with Crippen LogP contribution in [0.5, 0.6) is 5.75 Å². The smallest absolute Gasteiger partial charge is 0.124 e. The van der Waals surface area contributed by atoms with Crippen molar-refractivity contribution >= 4 is 11.6 Å². The Kier molecular flexibility index (Phi) is 4.27. The minimum atomic E-state index is 0.577.